The second-order valence-electron chi connectivity index (χ2n) is 3.64. The minimum absolute atomic E-state index is 0.00844. The van der Waals surface area contributed by atoms with E-state index < -0.39 is 14.9 Å². The number of halogens is 2. The molecule has 0 atom stereocenters. The molecule has 0 aliphatic carbocycles. The summed E-state index contributed by atoms with van der Waals surface area (Å²) in [5.74, 6) is -0.541. The number of benzene rings is 1. The van der Waals surface area contributed by atoms with Crippen LogP contribution in [0, 0.1) is 12.7 Å². The Balaban J connectivity index is 2.24. The highest BCUT2D eigenvalue weighted by molar-refractivity contribution is 8.13. The van der Waals surface area contributed by atoms with Gasteiger partial charge in [0, 0.05) is 10.7 Å². The van der Waals surface area contributed by atoms with Gasteiger partial charge in [0.25, 0.3) is 0 Å². The van der Waals surface area contributed by atoms with Crippen LogP contribution in [-0.4, -0.2) is 34.0 Å². The fraction of sp³-hybridized carbons (Fsp3) is 0.455. The zero-order valence-electron chi connectivity index (χ0n) is 9.86. The van der Waals surface area contributed by atoms with E-state index in [2.05, 4.69) is 0 Å². The van der Waals surface area contributed by atoms with Crippen molar-refractivity contribution in [3.8, 4) is 5.75 Å². The molecule has 1 rings (SSSR count). The Morgan fingerprint density at radius 3 is 2.67 bits per heavy atom. The largest absolute Gasteiger partial charge is 0.488 e. The van der Waals surface area contributed by atoms with Gasteiger partial charge in [0.15, 0.2) is 11.6 Å². The van der Waals surface area contributed by atoms with Crippen LogP contribution in [0.1, 0.15) is 5.56 Å². The molecule has 0 radical (unpaired) electrons. The molecule has 1 aromatic rings. The molecule has 0 bridgehead atoms. The van der Waals surface area contributed by atoms with Crippen molar-refractivity contribution in [2.75, 3.05) is 25.6 Å². The highest BCUT2D eigenvalue weighted by Crippen LogP contribution is 2.17. The monoisotopic (exact) mass is 296 g/mol. The van der Waals surface area contributed by atoms with Crippen molar-refractivity contribution in [3.05, 3.63) is 29.6 Å². The quantitative estimate of drug-likeness (QED) is 0.571. The van der Waals surface area contributed by atoms with Gasteiger partial charge in [0.1, 0.15) is 6.61 Å². The van der Waals surface area contributed by atoms with Crippen LogP contribution in [0.5, 0.6) is 5.75 Å². The number of aryl methyl sites for hydroxylation is 1. The Morgan fingerprint density at radius 2 is 2.00 bits per heavy atom. The first-order chi connectivity index (χ1) is 8.38. The zero-order valence-corrected chi connectivity index (χ0v) is 11.4. The van der Waals surface area contributed by atoms with Gasteiger partial charge in [-0.05, 0) is 24.6 Å². The van der Waals surface area contributed by atoms with Crippen molar-refractivity contribution in [1.29, 1.82) is 0 Å². The van der Waals surface area contributed by atoms with E-state index >= 15 is 0 Å². The maximum Gasteiger partial charge on any atom is 0.234 e. The average molecular weight is 297 g/mol. The number of ether oxygens (including phenoxy) is 2. The lowest BCUT2D eigenvalue weighted by Crippen LogP contribution is -2.12. The highest BCUT2D eigenvalue weighted by atomic mass is 35.7. The molecular weight excluding hydrogens is 283 g/mol. The fourth-order valence-corrected chi connectivity index (χ4v) is 1.70. The van der Waals surface area contributed by atoms with Gasteiger partial charge < -0.3 is 9.47 Å². The molecule has 102 valence electrons. The molecule has 0 N–H and O–H groups in total. The van der Waals surface area contributed by atoms with Crippen molar-refractivity contribution < 1.29 is 22.3 Å². The molecule has 18 heavy (non-hydrogen) atoms. The third-order valence-corrected chi connectivity index (χ3v) is 3.16. The molecule has 0 fully saturated rings. The van der Waals surface area contributed by atoms with E-state index in [1.807, 2.05) is 6.92 Å². The lowest BCUT2D eigenvalue weighted by atomic mass is 10.2. The highest BCUT2D eigenvalue weighted by Gasteiger charge is 2.05. The minimum atomic E-state index is -3.53. The Kier molecular flexibility index (Phi) is 5.84. The summed E-state index contributed by atoms with van der Waals surface area (Å²) in [7, 11) is 1.46. The van der Waals surface area contributed by atoms with E-state index in [0.29, 0.717) is 0 Å². The van der Waals surface area contributed by atoms with Crippen LogP contribution in [0.15, 0.2) is 18.2 Å². The molecule has 4 nitrogen and oxygen atoms in total. The summed E-state index contributed by atoms with van der Waals surface area (Å²) in [4.78, 5) is 0. The maximum atomic E-state index is 13.2. The summed E-state index contributed by atoms with van der Waals surface area (Å²) in [5.41, 5.74) is 0.889. The third kappa shape index (κ3) is 6.18. The first kappa shape index (κ1) is 15.2. The zero-order chi connectivity index (χ0) is 13.6. The van der Waals surface area contributed by atoms with E-state index in [9.17, 15) is 12.8 Å². The topological polar surface area (TPSA) is 52.6 Å². The van der Waals surface area contributed by atoms with E-state index in [4.69, 9.17) is 20.2 Å². The van der Waals surface area contributed by atoms with Gasteiger partial charge in [-0.3, -0.25) is 0 Å². The molecule has 0 aliphatic heterocycles. The van der Waals surface area contributed by atoms with Gasteiger partial charge in [0.05, 0.1) is 19.0 Å². The average Bonchev–Trinajstić information content (AvgIpc) is 2.26. The standard InChI is InChI=1S/C11H14ClFO4S/c1-9-2-3-10(13)11(8-9)17-5-4-16-6-7-18(12,14)15/h2-3,8H,4-7H2,1H3. The predicted octanol–water partition coefficient (Wildman–Crippen LogP) is 2.10. The van der Waals surface area contributed by atoms with Crippen molar-refractivity contribution in [3.63, 3.8) is 0 Å². The van der Waals surface area contributed by atoms with Crippen LogP contribution in [0.3, 0.4) is 0 Å². The van der Waals surface area contributed by atoms with Gasteiger partial charge in [0.2, 0.25) is 9.05 Å². The second kappa shape index (κ2) is 6.92. The summed E-state index contributed by atoms with van der Waals surface area (Å²) in [5, 5.41) is 0. The van der Waals surface area contributed by atoms with E-state index in [1.165, 1.54) is 6.07 Å². The fourth-order valence-electron chi connectivity index (χ4n) is 1.19. The van der Waals surface area contributed by atoms with Crippen LogP contribution in [0.2, 0.25) is 0 Å². The number of rotatable bonds is 7. The van der Waals surface area contributed by atoms with Gasteiger partial charge in [-0.25, -0.2) is 12.8 Å². The Bertz CT molecular complexity index is 490. The van der Waals surface area contributed by atoms with E-state index in [1.54, 1.807) is 12.1 Å². The molecule has 0 aromatic heterocycles. The SMILES string of the molecule is Cc1ccc(F)c(OCCOCCS(=O)(=O)Cl)c1. The van der Waals surface area contributed by atoms with Crippen LogP contribution in [0.4, 0.5) is 4.39 Å². The second-order valence-corrected chi connectivity index (χ2v) is 6.53. The molecule has 0 saturated carbocycles. The first-order valence-electron chi connectivity index (χ1n) is 5.27. The Hall–Kier alpha value is -0.850. The van der Waals surface area contributed by atoms with Crippen LogP contribution in [0.25, 0.3) is 0 Å². The number of hydrogen-bond donors (Lipinski definition) is 0. The van der Waals surface area contributed by atoms with Crippen molar-refractivity contribution in [2.45, 2.75) is 6.92 Å². The summed E-state index contributed by atoms with van der Waals surface area (Å²) in [6.07, 6.45) is 0. The predicted molar refractivity (Wildman–Crippen MR) is 67.1 cm³/mol. The molecule has 0 saturated heterocycles. The summed E-state index contributed by atoms with van der Waals surface area (Å²) in [6.45, 7) is 2.13. The van der Waals surface area contributed by atoms with Crippen LogP contribution in [-0.2, 0) is 13.8 Å². The minimum Gasteiger partial charge on any atom is -0.488 e. The molecule has 0 aliphatic rings. The van der Waals surface area contributed by atoms with Gasteiger partial charge in [-0.1, -0.05) is 6.07 Å². The molecule has 7 heteroatoms. The molecule has 0 amide bonds. The summed E-state index contributed by atoms with van der Waals surface area (Å²) < 4.78 is 44.5. The Morgan fingerprint density at radius 1 is 1.28 bits per heavy atom. The molecule has 0 heterocycles. The van der Waals surface area contributed by atoms with Gasteiger partial charge >= 0.3 is 0 Å². The molecule has 0 spiro atoms. The normalized spacial score (nSPS) is 11.5. The van der Waals surface area contributed by atoms with Gasteiger partial charge in [-0.15, -0.1) is 0 Å². The molecular formula is C11H14ClFO4S. The smallest absolute Gasteiger partial charge is 0.234 e. The van der Waals surface area contributed by atoms with Crippen molar-refractivity contribution >= 4 is 19.7 Å². The first-order valence-corrected chi connectivity index (χ1v) is 7.75. The van der Waals surface area contributed by atoms with Crippen molar-refractivity contribution in [1.82, 2.24) is 0 Å². The van der Waals surface area contributed by atoms with Crippen LogP contribution >= 0.6 is 10.7 Å². The molecule has 0 unspecified atom stereocenters. The Labute approximate surface area is 110 Å². The van der Waals surface area contributed by atoms with Crippen molar-refractivity contribution in [2.24, 2.45) is 0 Å². The summed E-state index contributed by atoms with van der Waals surface area (Å²) >= 11 is 0. The van der Waals surface area contributed by atoms with E-state index in [-0.39, 0.29) is 31.3 Å². The van der Waals surface area contributed by atoms with Crippen LogP contribution < -0.4 is 4.74 Å². The van der Waals surface area contributed by atoms with Gasteiger partial charge in [-0.2, -0.15) is 0 Å². The molecule has 1 aromatic carbocycles. The third-order valence-electron chi connectivity index (χ3n) is 2.04. The number of hydrogen-bond acceptors (Lipinski definition) is 4. The lowest BCUT2D eigenvalue weighted by Gasteiger charge is -2.08. The lowest BCUT2D eigenvalue weighted by molar-refractivity contribution is 0.110. The van der Waals surface area contributed by atoms with E-state index in [0.717, 1.165) is 5.56 Å². The maximum absolute atomic E-state index is 13.2. The summed E-state index contributed by atoms with van der Waals surface area (Å²) in [6, 6.07) is 4.55.